The molecular weight excluding hydrogens is 242 g/mol. The molecule has 2 aliphatic rings. The third-order valence-corrected chi connectivity index (χ3v) is 4.81. The van der Waals surface area contributed by atoms with Crippen LogP contribution in [0.5, 0.6) is 0 Å². The molecule has 1 amide bonds. The average molecular weight is 267 g/mol. The molecule has 1 heterocycles. The van der Waals surface area contributed by atoms with E-state index in [0.29, 0.717) is 31.2 Å². The number of carbonyl (C=O) groups excluding carboxylic acids is 1. The Hall–Kier alpha value is -1.06. The lowest BCUT2D eigenvalue weighted by atomic mass is 9.79. The molecule has 1 saturated carbocycles. The van der Waals surface area contributed by atoms with Crippen molar-refractivity contribution >= 4 is 11.9 Å². The second kappa shape index (κ2) is 6.40. The van der Waals surface area contributed by atoms with Crippen molar-refractivity contribution in [2.75, 3.05) is 6.54 Å². The standard InChI is InChI=1S/C15H25NO3/c1-11(12-6-3-2-4-7-12)10-14(17)16-9-5-8-13(16)15(18)19/h11-13H,2-10H2,1H3,(H,18,19)/t11?,13-/m1/s1. The highest BCUT2D eigenvalue weighted by atomic mass is 16.4. The summed E-state index contributed by atoms with van der Waals surface area (Å²) in [6.07, 6.45) is 8.31. The van der Waals surface area contributed by atoms with E-state index in [1.54, 1.807) is 4.90 Å². The van der Waals surface area contributed by atoms with Gasteiger partial charge in [0, 0.05) is 13.0 Å². The Balaban J connectivity index is 1.87. The predicted molar refractivity (Wildman–Crippen MR) is 72.7 cm³/mol. The van der Waals surface area contributed by atoms with Gasteiger partial charge in [-0.3, -0.25) is 4.79 Å². The van der Waals surface area contributed by atoms with Gasteiger partial charge >= 0.3 is 5.97 Å². The fourth-order valence-corrected chi connectivity index (χ4v) is 3.58. The number of carboxylic acid groups (broad SMARTS) is 1. The molecule has 0 aromatic carbocycles. The summed E-state index contributed by atoms with van der Waals surface area (Å²) in [5.41, 5.74) is 0. The van der Waals surface area contributed by atoms with Crippen LogP contribution in [0.4, 0.5) is 0 Å². The first kappa shape index (κ1) is 14.4. The highest BCUT2D eigenvalue weighted by molar-refractivity contribution is 5.84. The van der Waals surface area contributed by atoms with Gasteiger partial charge in [0.25, 0.3) is 0 Å². The maximum atomic E-state index is 12.3. The van der Waals surface area contributed by atoms with Crippen LogP contribution in [0, 0.1) is 11.8 Å². The Kier molecular flexibility index (Phi) is 4.83. The molecule has 0 aromatic rings. The lowest BCUT2D eigenvalue weighted by Gasteiger charge is -2.29. The maximum absolute atomic E-state index is 12.3. The summed E-state index contributed by atoms with van der Waals surface area (Å²) in [5.74, 6) is 0.241. The molecular formula is C15H25NO3. The number of nitrogens with zero attached hydrogens (tertiary/aromatic N) is 1. The fraction of sp³-hybridized carbons (Fsp3) is 0.867. The number of hydrogen-bond acceptors (Lipinski definition) is 2. The van der Waals surface area contributed by atoms with Crippen LogP contribution in [0.2, 0.25) is 0 Å². The fourth-order valence-electron chi connectivity index (χ4n) is 3.58. The van der Waals surface area contributed by atoms with Crippen molar-refractivity contribution in [1.29, 1.82) is 0 Å². The van der Waals surface area contributed by atoms with Crippen molar-refractivity contribution in [3.05, 3.63) is 0 Å². The monoisotopic (exact) mass is 267 g/mol. The smallest absolute Gasteiger partial charge is 0.326 e. The van der Waals surface area contributed by atoms with Crippen LogP contribution < -0.4 is 0 Å². The Bertz CT molecular complexity index is 336. The molecule has 2 atom stereocenters. The maximum Gasteiger partial charge on any atom is 0.326 e. The Morgan fingerprint density at radius 3 is 2.47 bits per heavy atom. The Morgan fingerprint density at radius 2 is 1.84 bits per heavy atom. The summed E-state index contributed by atoms with van der Waals surface area (Å²) in [6.45, 7) is 2.77. The van der Waals surface area contributed by atoms with Crippen LogP contribution in [-0.2, 0) is 9.59 Å². The van der Waals surface area contributed by atoms with Crippen molar-refractivity contribution in [3.8, 4) is 0 Å². The van der Waals surface area contributed by atoms with Gasteiger partial charge in [0.05, 0.1) is 0 Å². The molecule has 1 N–H and O–H groups in total. The van der Waals surface area contributed by atoms with E-state index < -0.39 is 12.0 Å². The van der Waals surface area contributed by atoms with E-state index in [1.165, 1.54) is 32.1 Å². The van der Waals surface area contributed by atoms with Gasteiger partial charge in [-0.05, 0) is 24.7 Å². The largest absolute Gasteiger partial charge is 0.480 e. The Labute approximate surface area is 115 Å². The first-order valence-corrected chi connectivity index (χ1v) is 7.62. The minimum absolute atomic E-state index is 0.0444. The molecule has 108 valence electrons. The van der Waals surface area contributed by atoms with Crippen molar-refractivity contribution in [2.45, 2.75) is 64.3 Å². The van der Waals surface area contributed by atoms with Crippen molar-refractivity contribution < 1.29 is 14.7 Å². The third-order valence-electron chi connectivity index (χ3n) is 4.81. The van der Waals surface area contributed by atoms with Crippen molar-refractivity contribution in [1.82, 2.24) is 4.90 Å². The molecule has 1 aliphatic carbocycles. The summed E-state index contributed by atoms with van der Waals surface area (Å²) in [7, 11) is 0. The third kappa shape index (κ3) is 3.48. The van der Waals surface area contributed by atoms with Gasteiger partial charge in [-0.2, -0.15) is 0 Å². The number of amides is 1. The Morgan fingerprint density at radius 1 is 1.16 bits per heavy atom. The summed E-state index contributed by atoms with van der Waals surface area (Å²) in [6, 6.07) is -0.578. The number of hydrogen-bond donors (Lipinski definition) is 1. The predicted octanol–water partition coefficient (Wildman–Crippen LogP) is 2.67. The zero-order valence-electron chi connectivity index (χ0n) is 11.8. The summed E-state index contributed by atoms with van der Waals surface area (Å²) < 4.78 is 0. The topological polar surface area (TPSA) is 57.6 Å². The quantitative estimate of drug-likeness (QED) is 0.852. The minimum atomic E-state index is -0.851. The molecule has 19 heavy (non-hydrogen) atoms. The van der Waals surface area contributed by atoms with Crippen LogP contribution >= 0.6 is 0 Å². The van der Waals surface area contributed by atoms with E-state index >= 15 is 0 Å². The minimum Gasteiger partial charge on any atom is -0.480 e. The molecule has 0 radical (unpaired) electrons. The van der Waals surface area contributed by atoms with E-state index in [9.17, 15) is 9.59 Å². The van der Waals surface area contributed by atoms with E-state index in [-0.39, 0.29) is 5.91 Å². The first-order valence-electron chi connectivity index (χ1n) is 7.62. The van der Waals surface area contributed by atoms with Gasteiger partial charge < -0.3 is 10.0 Å². The van der Waals surface area contributed by atoms with Crippen LogP contribution in [0.3, 0.4) is 0 Å². The van der Waals surface area contributed by atoms with Gasteiger partial charge in [0.2, 0.25) is 5.91 Å². The van der Waals surface area contributed by atoms with Crippen LogP contribution in [0.1, 0.15) is 58.3 Å². The molecule has 0 aromatic heterocycles. The zero-order valence-corrected chi connectivity index (χ0v) is 11.8. The van der Waals surface area contributed by atoms with Gasteiger partial charge in [-0.25, -0.2) is 4.79 Å². The molecule has 4 heteroatoms. The van der Waals surface area contributed by atoms with Crippen LogP contribution in [0.25, 0.3) is 0 Å². The first-order chi connectivity index (χ1) is 9.09. The highest BCUT2D eigenvalue weighted by Gasteiger charge is 2.35. The summed E-state index contributed by atoms with van der Waals surface area (Å²) >= 11 is 0. The van der Waals surface area contributed by atoms with Gasteiger partial charge in [-0.1, -0.05) is 39.0 Å². The molecule has 0 spiro atoms. The van der Waals surface area contributed by atoms with E-state index in [0.717, 1.165) is 6.42 Å². The second-order valence-electron chi connectivity index (χ2n) is 6.16. The molecule has 1 saturated heterocycles. The lowest BCUT2D eigenvalue weighted by molar-refractivity contribution is -0.148. The van der Waals surface area contributed by atoms with E-state index in [1.807, 2.05) is 0 Å². The van der Waals surface area contributed by atoms with Crippen LogP contribution in [0.15, 0.2) is 0 Å². The molecule has 4 nitrogen and oxygen atoms in total. The SMILES string of the molecule is CC(CC(=O)N1CCC[C@@H]1C(=O)O)C1CCCCC1. The molecule has 1 unspecified atom stereocenters. The summed E-state index contributed by atoms with van der Waals surface area (Å²) in [4.78, 5) is 25.0. The average Bonchev–Trinajstić information content (AvgIpc) is 2.89. The van der Waals surface area contributed by atoms with E-state index in [2.05, 4.69) is 6.92 Å². The van der Waals surface area contributed by atoms with Gasteiger partial charge in [0.1, 0.15) is 6.04 Å². The summed E-state index contributed by atoms with van der Waals surface area (Å²) in [5, 5.41) is 9.12. The molecule has 1 aliphatic heterocycles. The number of aliphatic carboxylic acids is 1. The van der Waals surface area contributed by atoms with Gasteiger partial charge in [0.15, 0.2) is 0 Å². The van der Waals surface area contributed by atoms with Crippen molar-refractivity contribution in [2.24, 2.45) is 11.8 Å². The van der Waals surface area contributed by atoms with Gasteiger partial charge in [-0.15, -0.1) is 0 Å². The number of rotatable bonds is 4. The molecule has 2 fully saturated rings. The van der Waals surface area contributed by atoms with Crippen molar-refractivity contribution in [3.63, 3.8) is 0 Å². The number of likely N-dealkylation sites (tertiary alicyclic amines) is 1. The molecule has 0 bridgehead atoms. The second-order valence-corrected chi connectivity index (χ2v) is 6.16. The normalized spacial score (nSPS) is 26.4. The lowest BCUT2D eigenvalue weighted by Crippen LogP contribution is -2.41. The number of carboxylic acids is 1. The molecule has 2 rings (SSSR count). The highest BCUT2D eigenvalue weighted by Crippen LogP contribution is 2.32. The zero-order chi connectivity index (χ0) is 13.8. The van der Waals surface area contributed by atoms with Crippen LogP contribution in [-0.4, -0.2) is 34.5 Å². The van der Waals surface area contributed by atoms with E-state index in [4.69, 9.17) is 5.11 Å². The number of carbonyl (C=O) groups is 2.